The summed E-state index contributed by atoms with van der Waals surface area (Å²) in [5.41, 5.74) is 0.639. The number of carbonyl (C=O) groups is 2. The van der Waals surface area contributed by atoms with Crippen molar-refractivity contribution < 1.29 is 14.7 Å². The molecule has 2 amide bonds. The van der Waals surface area contributed by atoms with Crippen LogP contribution in [0, 0.1) is 0 Å². The van der Waals surface area contributed by atoms with Gasteiger partial charge < -0.3 is 15.7 Å². The molecule has 10 nitrogen and oxygen atoms in total. The van der Waals surface area contributed by atoms with E-state index in [-0.39, 0.29) is 18.8 Å². The molecule has 20 heavy (non-hydrogen) atoms. The van der Waals surface area contributed by atoms with Gasteiger partial charge in [0.1, 0.15) is 5.69 Å². The molecular weight excluding hydrogens is 266 g/mol. The molecule has 10 heteroatoms. The van der Waals surface area contributed by atoms with E-state index in [4.69, 9.17) is 5.11 Å². The molecule has 0 radical (unpaired) electrons. The first kappa shape index (κ1) is 13.4. The summed E-state index contributed by atoms with van der Waals surface area (Å²) in [5, 5.41) is 26.8. The molecule has 2 aromatic heterocycles. The summed E-state index contributed by atoms with van der Waals surface area (Å²) in [4.78, 5) is 25.8. The zero-order chi connectivity index (χ0) is 14.4. The van der Waals surface area contributed by atoms with Crippen LogP contribution >= 0.6 is 0 Å². The summed E-state index contributed by atoms with van der Waals surface area (Å²) in [6, 6.07) is 2.55. The quantitative estimate of drug-likeness (QED) is 0.564. The van der Waals surface area contributed by atoms with Crippen LogP contribution in [0.25, 0.3) is 0 Å². The van der Waals surface area contributed by atoms with Crippen molar-refractivity contribution >= 4 is 12.0 Å². The van der Waals surface area contributed by atoms with Gasteiger partial charge in [-0.25, -0.2) is 14.6 Å². The molecule has 2 rings (SSSR count). The van der Waals surface area contributed by atoms with E-state index in [1.807, 2.05) is 0 Å². The molecule has 0 atom stereocenters. The van der Waals surface area contributed by atoms with Gasteiger partial charge in [0.2, 0.25) is 0 Å². The van der Waals surface area contributed by atoms with Crippen LogP contribution < -0.4 is 10.6 Å². The number of hydrogen-bond acceptors (Lipinski definition) is 6. The van der Waals surface area contributed by atoms with Gasteiger partial charge in [-0.1, -0.05) is 11.3 Å². The highest BCUT2D eigenvalue weighted by atomic mass is 16.4. The van der Waals surface area contributed by atoms with Crippen molar-refractivity contribution in [3.05, 3.63) is 35.4 Å². The molecule has 0 aromatic carbocycles. The van der Waals surface area contributed by atoms with Crippen LogP contribution in [0.3, 0.4) is 0 Å². The molecule has 0 unspecified atom stereocenters. The Morgan fingerprint density at radius 1 is 1.25 bits per heavy atom. The van der Waals surface area contributed by atoms with Crippen LogP contribution in [0.1, 0.15) is 21.9 Å². The minimum atomic E-state index is -1.10. The van der Waals surface area contributed by atoms with Crippen LogP contribution in [0.5, 0.6) is 0 Å². The van der Waals surface area contributed by atoms with Crippen molar-refractivity contribution in [1.82, 2.24) is 36.2 Å². The fourth-order valence-electron chi connectivity index (χ4n) is 1.32. The predicted octanol–water partition coefficient (Wildman–Crippen LogP) is -0.708. The highest BCUT2D eigenvalue weighted by molar-refractivity contribution is 5.85. The normalized spacial score (nSPS) is 10.0. The van der Waals surface area contributed by atoms with Crippen LogP contribution in [0.2, 0.25) is 0 Å². The summed E-state index contributed by atoms with van der Waals surface area (Å²) in [7, 11) is 0. The average Bonchev–Trinajstić information content (AvgIpc) is 2.96. The van der Waals surface area contributed by atoms with Gasteiger partial charge in [-0.3, -0.25) is 0 Å². The molecule has 2 aromatic rings. The average molecular weight is 277 g/mol. The van der Waals surface area contributed by atoms with Gasteiger partial charge in [0.15, 0.2) is 5.82 Å². The number of carboxylic acids is 1. The fraction of sp³-hybridized carbons (Fsp3) is 0.200. The zero-order valence-corrected chi connectivity index (χ0v) is 10.2. The third kappa shape index (κ3) is 3.73. The van der Waals surface area contributed by atoms with Crippen LogP contribution in [0.15, 0.2) is 18.3 Å². The summed E-state index contributed by atoms with van der Waals surface area (Å²) >= 11 is 0. The maximum Gasteiger partial charge on any atom is 0.354 e. The topological polar surface area (TPSA) is 146 Å². The SMILES string of the molecule is O=C(NCc1ccc(C(=O)O)nc1)NCc1nn[nH]n1. The Kier molecular flexibility index (Phi) is 4.17. The molecule has 0 aliphatic heterocycles. The van der Waals surface area contributed by atoms with Gasteiger partial charge in [0.25, 0.3) is 0 Å². The largest absolute Gasteiger partial charge is 0.477 e. The van der Waals surface area contributed by atoms with E-state index in [0.29, 0.717) is 11.4 Å². The van der Waals surface area contributed by atoms with E-state index in [2.05, 4.69) is 36.2 Å². The third-order valence-electron chi connectivity index (χ3n) is 2.29. The number of nitrogens with one attached hydrogen (secondary N) is 3. The number of carboxylic acid groups (broad SMARTS) is 1. The maximum absolute atomic E-state index is 11.5. The minimum absolute atomic E-state index is 0.0460. The molecule has 0 fully saturated rings. The second-order valence-electron chi connectivity index (χ2n) is 3.72. The number of urea groups is 1. The van der Waals surface area contributed by atoms with E-state index in [0.717, 1.165) is 0 Å². The first-order valence-corrected chi connectivity index (χ1v) is 5.57. The Morgan fingerprint density at radius 3 is 2.65 bits per heavy atom. The molecule has 0 spiro atoms. The number of aromatic amines is 1. The minimum Gasteiger partial charge on any atom is -0.477 e. The summed E-state index contributed by atoms with van der Waals surface area (Å²) in [6.07, 6.45) is 1.39. The number of H-pyrrole nitrogens is 1. The van der Waals surface area contributed by atoms with E-state index >= 15 is 0 Å². The van der Waals surface area contributed by atoms with Crippen LogP contribution in [-0.2, 0) is 13.1 Å². The summed E-state index contributed by atoms with van der Waals surface area (Å²) in [5.74, 6) is -0.727. The standard InChI is InChI=1S/C10H11N7O3/c18-9(19)7-2-1-6(3-11-7)4-12-10(20)13-5-8-14-16-17-15-8/h1-3H,4-5H2,(H,18,19)(H2,12,13,20)(H,14,15,16,17). The van der Waals surface area contributed by atoms with Crippen LogP contribution in [0.4, 0.5) is 4.79 Å². The molecule has 4 N–H and O–H groups in total. The van der Waals surface area contributed by atoms with Gasteiger partial charge in [0.05, 0.1) is 6.54 Å². The summed E-state index contributed by atoms with van der Waals surface area (Å²) < 4.78 is 0. The van der Waals surface area contributed by atoms with Crippen molar-refractivity contribution in [3.8, 4) is 0 Å². The predicted molar refractivity (Wildman–Crippen MR) is 64.4 cm³/mol. The molecule has 0 aliphatic rings. The molecule has 0 aliphatic carbocycles. The van der Waals surface area contributed by atoms with E-state index < -0.39 is 12.0 Å². The second kappa shape index (κ2) is 6.22. The number of tetrazole rings is 1. The van der Waals surface area contributed by atoms with Crippen molar-refractivity contribution in [2.75, 3.05) is 0 Å². The highest BCUT2D eigenvalue weighted by Gasteiger charge is 2.05. The number of pyridine rings is 1. The molecule has 0 saturated heterocycles. The van der Waals surface area contributed by atoms with E-state index in [1.165, 1.54) is 12.3 Å². The number of nitrogens with zero attached hydrogens (tertiary/aromatic N) is 4. The number of hydrogen-bond donors (Lipinski definition) is 4. The molecule has 0 saturated carbocycles. The monoisotopic (exact) mass is 277 g/mol. The van der Waals surface area contributed by atoms with Crippen molar-refractivity contribution in [2.45, 2.75) is 13.1 Å². The number of aromatic nitrogens is 5. The molecule has 104 valence electrons. The Balaban J connectivity index is 1.76. The van der Waals surface area contributed by atoms with Crippen LogP contribution in [-0.4, -0.2) is 42.7 Å². The lowest BCUT2D eigenvalue weighted by atomic mass is 10.2. The highest BCUT2D eigenvalue weighted by Crippen LogP contribution is 2.00. The molecule has 2 heterocycles. The zero-order valence-electron chi connectivity index (χ0n) is 10.2. The Hall–Kier alpha value is -3.04. The number of carbonyl (C=O) groups excluding carboxylic acids is 1. The lowest BCUT2D eigenvalue weighted by molar-refractivity contribution is 0.0690. The first-order valence-electron chi connectivity index (χ1n) is 5.57. The van der Waals surface area contributed by atoms with E-state index in [9.17, 15) is 9.59 Å². The summed E-state index contributed by atoms with van der Waals surface area (Å²) in [6.45, 7) is 0.378. The van der Waals surface area contributed by atoms with E-state index in [1.54, 1.807) is 6.07 Å². The maximum atomic E-state index is 11.5. The lowest BCUT2D eigenvalue weighted by Gasteiger charge is -2.06. The van der Waals surface area contributed by atoms with Crippen molar-refractivity contribution in [2.24, 2.45) is 0 Å². The molecule has 0 bridgehead atoms. The fourth-order valence-corrected chi connectivity index (χ4v) is 1.32. The van der Waals surface area contributed by atoms with Crippen molar-refractivity contribution in [1.29, 1.82) is 0 Å². The van der Waals surface area contributed by atoms with Gasteiger partial charge in [-0.2, -0.15) is 5.21 Å². The smallest absolute Gasteiger partial charge is 0.354 e. The Labute approximate surface area is 112 Å². The Bertz CT molecular complexity index is 581. The van der Waals surface area contributed by atoms with Crippen molar-refractivity contribution in [3.63, 3.8) is 0 Å². The van der Waals surface area contributed by atoms with Gasteiger partial charge >= 0.3 is 12.0 Å². The molecular formula is C10H11N7O3. The second-order valence-corrected chi connectivity index (χ2v) is 3.72. The van der Waals surface area contributed by atoms with Gasteiger partial charge in [0, 0.05) is 12.7 Å². The first-order chi connectivity index (χ1) is 9.65. The third-order valence-corrected chi connectivity index (χ3v) is 2.29. The van der Waals surface area contributed by atoms with Gasteiger partial charge in [-0.05, 0) is 11.6 Å². The number of rotatable bonds is 5. The Morgan fingerprint density at radius 2 is 2.05 bits per heavy atom. The number of amides is 2. The lowest BCUT2D eigenvalue weighted by Crippen LogP contribution is -2.34. The number of aromatic carboxylic acids is 1. The van der Waals surface area contributed by atoms with Gasteiger partial charge in [-0.15, -0.1) is 10.2 Å².